The number of esters is 1. The minimum Gasteiger partial charge on any atom is -0.462 e. The van der Waals surface area contributed by atoms with Crippen LogP contribution in [0, 0.1) is 0 Å². The first-order chi connectivity index (χ1) is 12.8. The maximum atomic E-state index is 12.1. The summed E-state index contributed by atoms with van der Waals surface area (Å²) in [5.41, 5.74) is 1.73. The van der Waals surface area contributed by atoms with E-state index in [4.69, 9.17) is 9.47 Å². The molecule has 1 heterocycles. The highest BCUT2D eigenvalue weighted by molar-refractivity contribution is 5.88. The Morgan fingerprint density at radius 2 is 1.85 bits per heavy atom. The number of carbonyl (C=O) groups is 1. The van der Waals surface area contributed by atoms with Gasteiger partial charge in [0.15, 0.2) is 0 Å². The lowest BCUT2D eigenvalue weighted by molar-refractivity contribution is 0.0478. The summed E-state index contributed by atoms with van der Waals surface area (Å²) in [6.07, 6.45) is 11.2. The summed E-state index contributed by atoms with van der Waals surface area (Å²) in [5.74, 6) is -0.280. The molecule has 3 rings (SSSR count). The molecule has 1 aliphatic carbocycles. The van der Waals surface area contributed by atoms with Crippen molar-refractivity contribution in [2.75, 3.05) is 13.2 Å². The Labute approximate surface area is 155 Å². The van der Waals surface area contributed by atoms with Crippen LogP contribution >= 0.6 is 0 Å². The van der Waals surface area contributed by atoms with Crippen molar-refractivity contribution in [3.8, 4) is 0 Å². The van der Waals surface area contributed by atoms with E-state index in [0.29, 0.717) is 31.4 Å². The fourth-order valence-electron chi connectivity index (χ4n) is 3.31. The van der Waals surface area contributed by atoms with Crippen LogP contribution in [0.25, 0.3) is 0 Å². The number of benzene rings is 1. The van der Waals surface area contributed by atoms with Crippen LogP contribution in [0.15, 0.2) is 42.7 Å². The molecule has 1 saturated carbocycles. The number of hydrogen-bond acceptors (Lipinski definition) is 4. The van der Waals surface area contributed by atoms with E-state index in [9.17, 15) is 4.79 Å². The standard InChI is InChI=1S/C21H28N2O3/c24-21(19-15-22-23(16-19)20-11-5-2-6-12-20)26-14-8-7-13-25-17-18-9-3-1-4-10-18/h1,3-4,9-10,15-16,20H,2,5-8,11-14,17H2. The molecule has 0 atom stereocenters. The van der Waals surface area contributed by atoms with Crippen LogP contribution in [0.5, 0.6) is 0 Å². The molecule has 0 spiro atoms. The highest BCUT2D eigenvalue weighted by atomic mass is 16.5. The molecule has 1 aromatic heterocycles. The molecule has 2 aromatic rings. The molecule has 0 aliphatic heterocycles. The number of carbonyl (C=O) groups excluding carboxylic acids is 1. The van der Waals surface area contributed by atoms with Gasteiger partial charge in [-0.1, -0.05) is 49.6 Å². The average Bonchev–Trinajstić information content (AvgIpc) is 3.19. The zero-order chi connectivity index (χ0) is 18.0. The van der Waals surface area contributed by atoms with E-state index in [1.807, 2.05) is 29.1 Å². The van der Waals surface area contributed by atoms with Gasteiger partial charge in [0.2, 0.25) is 0 Å². The molecule has 1 aliphatic rings. The van der Waals surface area contributed by atoms with Crippen molar-refractivity contribution >= 4 is 5.97 Å². The monoisotopic (exact) mass is 356 g/mol. The Morgan fingerprint density at radius 1 is 1.08 bits per heavy atom. The van der Waals surface area contributed by atoms with Gasteiger partial charge in [0.05, 0.1) is 31.0 Å². The minimum absolute atomic E-state index is 0.280. The van der Waals surface area contributed by atoms with E-state index >= 15 is 0 Å². The summed E-state index contributed by atoms with van der Waals surface area (Å²) < 4.78 is 12.9. The Hall–Kier alpha value is -2.14. The third-order valence-electron chi connectivity index (χ3n) is 4.81. The maximum absolute atomic E-state index is 12.1. The third kappa shape index (κ3) is 5.70. The quantitative estimate of drug-likeness (QED) is 0.489. The lowest BCUT2D eigenvalue weighted by atomic mass is 9.96. The summed E-state index contributed by atoms with van der Waals surface area (Å²) in [6.45, 7) is 1.72. The van der Waals surface area contributed by atoms with Crippen LogP contribution in [0.4, 0.5) is 0 Å². The molecular weight excluding hydrogens is 328 g/mol. The Morgan fingerprint density at radius 3 is 2.65 bits per heavy atom. The van der Waals surface area contributed by atoms with Crippen molar-refractivity contribution in [1.29, 1.82) is 0 Å². The highest BCUT2D eigenvalue weighted by Gasteiger charge is 2.18. The minimum atomic E-state index is -0.280. The van der Waals surface area contributed by atoms with Crippen molar-refractivity contribution in [3.05, 3.63) is 53.9 Å². The molecule has 0 N–H and O–H groups in total. The number of aromatic nitrogens is 2. The van der Waals surface area contributed by atoms with Gasteiger partial charge in [0.1, 0.15) is 0 Å². The van der Waals surface area contributed by atoms with Gasteiger partial charge in [-0.25, -0.2) is 4.79 Å². The molecule has 140 valence electrons. The molecule has 0 saturated heterocycles. The summed E-state index contributed by atoms with van der Waals surface area (Å²) in [6, 6.07) is 10.6. The number of unbranched alkanes of at least 4 members (excludes halogenated alkanes) is 1. The lowest BCUT2D eigenvalue weighted by Crippen LogP contribution is -2.13. The summed E-state index contributed by atoms with van der Waals surface area (Å²) in [4.78, 5) is 12.1. The van der Waals surface area contributed by atoms with Gasteiger partial charge in [-0.15, -0.1) is 0 Å². The second kappa shape index (κ2) is 10.1. The SMILES string of the molecule is O=C(OCCCCOCc1ccccc1)c1cnn(C2CCCCC2)c1. The van der Waals surface area contributed by atoms with Gasteiger partial charge in [0, 0.05) is 12.8 Å². The molecular formula is C21H28N2O3. The summed E-state index contributed by atoms with van der Waals surface area (Å²) >= 11 is 0. The number of rotatable bonds is 9. The normalized spacial score (nSPS) is 15.1. The average molecular weight is 356 g/mol. The second-order valence-corrected chi connectivity index (χ2v) is 6.88. The molecule has 5 nitrogen and oxygen atoms in total. The van der Waals surface area contributed by atoms with Crippen molar-refractivity contribution < 1.29 is 14.3 Å². The Bertz CT molecular complexity index is 663. The zero-order valence-corrected chi connectivity index (χ0v) is 15.3. The number of nitrogens with zero attached hydrogens (tertiary/aromatic N) is 2. The van der Waals surface area contributed by atoms with Crippen LogP contribution in [0.2, 0.25) is 0 Å². The van der Waals surface area contributed by atoms with Crippen LogP contribution in [0.3, 0.4) is 0 Å². The number of hydrogen-bond donors (Lipinski definition) is 0. The maximum Gasteiger partial charge on any atom is 0.341 e. The van der Waals surface area contributed by atoms with Crippen molar-refractivity contribution in [3.63, 3.8) is 0 Å². The molecule has 0 unspecified atom stereocenters. The summed E-state index contributed by atoms with van der Waals surface area (Å²) in [5, 5.41) is 4.35. The first-order valence-corrected chi connectivity index (χ1v) is 9.66. The van der Waals surface area contributed by atoms with E-state index in [1.165, 1.54) is 24.8 Å². The predicted molar refractivity (Wildman–Crippen MR) is 100.0 cm³/mol. The van der Waals surface area contributed by atoms with Gasteiger partial charge < -0.3 is 9.47 Å². The Kier molecular flexibility index (Phi) is 7.25. The highest BCUT2D eigenvalue weighted by Crippen LogP contribution is 2.27. The van der Waals surface area contributed by atoms with Gasteiger partial charge in [-0.2, -0.15) is 5.10 Å². The zero-order valence-electron chi connectivity index (χ0n) is 15.3. The van der Waals surface area contributed by atoms with Crippen LogP contribution in [-0.2, 0) is 16.1 Å². The van der Waals surface area contributed by atoms with Gasteiger partial charge in [0.25, 0.3) is 0 Å². The molecule has 0 bridgehead atoms. The van der Waals surface area contributed by atoms with E-state index in [0.717, 1.165) is 25.7 Å². The topological polar surface area (TPSA) is 53.4 Å². The number of ether oxygens (including phenoxy) is 2. The fraction of sp³-hybridized carbons (Fsp3) is 0.524. The summed E-state index contributed by atoms with van der Waals surface area (Å²) in [7, 11) is 0. The first kappa shape index (κ1) is 18.6. The lowest BCUT2D eigenvalue weighted by Gasteiger charge is -2.21. The molecule has 5 heteroatoms. The molecule has 0 radical (unpaired) electrons. The van der Waals surface area contributed by atoms with Crippen molar-refractivity contribution in [1.82, 2.24) is 9.78 Å². The third-order valence-corrected chi connectivity index (χ3v) is 4.81. The second-order valence-electron chi connectivity index (χ2n) is 6.88. The van der Waals surface area contributed by atoms with E-state index in [-0.39, 0.29) is 5.97 Å². The van der Waals surface area contributed by atoms with Gasteiger partial charge >= 0.3 is 5.97 Å². The van der Waals surface area contributed by atoms with Crippen LogP contribution in [-0.4, -0.2) is 29.0 Å². The first-order valence-electron chi connectivity index (χ1n) is 9.66. The molecule has 1 fully saturated rings. The van der Waals surface area contributed by atoms with E-state index in [1.54, 1.807) is 6.20 Å². The Balaban J connectivity index is 1.29. The van der Waals surface area contributed by atoms with Crippen LogP contribution in [0.1, 0.15) is 66.9 Å². The molecule has 0 amide bonds. The van der Waals surface area contributed by atoms with Gasteiger partial charge in [-0.3, -0.25) is 4.68 Å². The fourth-order valence-corrected chi connectivity index (χ4v) is 3.31. The van der Waals surface area contributed by atoms with Crippen molar-refractivity contribution in [2.24, 2.45) is 0 Å². The molecule has 1 aromatic carbocycles. The smallest absolute Gasteiger partial charge is 0.341 e. The van der Waals surface area contributed by atoms with Crippen molar-refractivity contribution in [2.45, 2.75) is 57.6 Å². The van der Waals surface area contributed by atoms with E-state index < -0.39 is 0 Å². The van der Waals surface area contributed by atoms with Gasteiger partial charge in [-0.05, 0) is 31.2 Å². The van der Waals surface area contributed by atoms with Crippen LogP contribution < -0.4 is 0 Å². The van der Waals surface area contributed by atoms with E-state index in [2.05, 4.69) is 17.2 Å². The predicted octanol–water partition coefficient (Wildman–Crippen LogP) is 4.54. The molecule has 26 heavy (non-hydrogen) atoms. The largest absolute Gasteiger partial charge is 0.462 e.